The molecule has 2 rings (SSSR count). The Kier molecular flexibility index (Phi) is 7.09. The van der Waals surface area contributed by atoms with E-state index >= 15 is 0 Å². The lowest BCUT2D eigenvalue weighted by atomic mass is 9.85. The van der Waals surface area contributed by atoms with Gasteiger partial charge in [-0.25, -0.2) is 0 Å². The van der Waals surface area contributed by atoms with Crippen molar-refractivity contribution >= 4 is 17.7 Å². The first kappa shape index (κ1) is 19.1. The van der Waals surface area contributed by atoms with Crippen LogP contribution in [0.3, 0.4) is 0 Å². The summed E-state index contributed by atoms with van der Waals surface area (Å²) in [4.78, 5) is 13.1. The van der Waals surface area contributed by atoms with E-state index in [1.165, 1.54) is 5.56 Å². The number of hydrogen-bond donors (Lipinski definition) is 1. The molecule has 0 saturated heterocycles. The van der Waals surface area contributed by atoms with E-state index in [4.69, 9.17) is 5.26 Å². The van der Waals surface area contributed by atoms with E-state index in [-0.39, 0.29) is 11.3 Å². The van der Waals surface area contributed by atoms with Gasteiger partial charge in [-0.15, -0.1) is 11.8 Å². The molecule has 0 atom stereocenters. The van der Waals surface area contributed by atoms with Gasteiger partial charge in [0.05, 0.1) is 11.6 Å². The highest BCUT2D eigenvalue weighted by Crippen LogP contribution is 2.21. The van der Waals surface area contributed by atoms with Crippen molar-refractivity contribution < 1.29 is 4.79 Å². The quantitative estimate of drug-likeness (QED) is 0.715. The summed E-state index contributed by atoms with van der Waals surface area (Å²) in [7, 11) is 0. The van der Waals surface area contributed by atoms with Crippen LogP contribution < -0.4 is 5.32 Å². The Morgan fingerprint density at radius 2 is 1.80 bits per heavy atom. The van der Waals surface area contributed by atoms with E-state index in [9.17, 15) is 4.79 Å². The molecule has 4 heteroatoms. The first-order chi connectivity index (χ1) is 12.0. The summed E-state index contributed by atoms with van der Waals surface area (Å²) in [5, 5.41) is 11.8. The molecule has 25 heavy (non-hydrogen) atoms. The van der Waals surface area contributed by atoms with Gasteiger partial charge >= 0.3 is 0 Å². The minimum absolute atomic E-state index is 0.0251. The Labute approximate surface area is 154 Å². The summed E-state index contributed by atoms with van der Waals surface area (Å²) in [6.45, 7) is 5.01. The summed E-state index contributed by atoms with van der Waals surface area (Å²) in [5.41, 5.74) is 1.97. The average molecular weight is 353 g/mol. The molecule has 130 valence electrons. The Balaban J connectivity index is 1.70. The maximum Gasteiger partial charge on any atom is 0.220 e. The Morgan fingerprint density at radius 3 is 2.44 bits per heavy atom. The molecule has 2 aromatic carbocycles. The van der Waals surface area contributed by atoms with Crippen LogP contribution in [-0.4, -0.2) is 18.2 Å². The number of nitrogens with zero attached hydrogens (tertiary/aromatic N) is 1. The van der Waals surface area contributed by atoms with Crippen LogP contribution >= 0.6 is 11.8 Å². The first-order valence-corrected chi connectivity index (χ1v) is 9.41. The third-order valence-electron chi connectivity index (χ3n) is 3.87. The topological polar surface area (TPSA) is 52.9 Å². The van der Waals surface area contributed by atoms with Crippen molar-refractivity contribution in [3.8, 4) is 6.07 Å². The van der Waals surface area contributed by atoms with E-state index in [2.05, 4.69) is 37.4 Å². The monoisotopic (exact) mass is 352 g/mol. The third-order valence-corrected chi connectivity index (χ3v) is 4.88. The lowest BCUT2D eigenvalue weighted by Crippen LogP contribution is -2.35. The number of thioether (sulfide) groups is 1. The van der Waals surface area contributed by atoms with Gasteiger partial charge in [0.2, 0.25) is 5.91 Å². The molecule has 0 saturated carbocycles. The molecule has 1 amide bonds. The maximum absolute atomic E-state index is 12.1. The lowest BCUT2D eigenvalue weighted by molar-refractivity contribution is -0.121. The molecule has 0 radical (unpaired) electrons. The number of hydrogen-bond acceptors (Lipinski definition) is 3. The molecule has 0 aromatic heterocycles. The van der Waals surface area contributed by atoms with Crippen LogP contribution in [0.25, 0.3) is 0 Å². The molecule has 0 unspecified atom stereocenters. The van der Waals surface area contributed by atoms with Crippen LogP contribution in [0.5, 0.6) is 0 Å². The summed E-state index contributed by atoms with van der Waals surface area (Å²) in [6.07, 6.45) is 1.43. The zero-order valence-electron chi connectivity index (χ0n) is 14.8. The van der Waals surface area contributed by atoms with Crippen molar-refractivity contribution in [3.63, 3.8) is 0 Å². The second-order valence-corrected chi connectivity index (χ2v) is 8.01. The highest BCUT2D eigenvalue weighted by Gasteiger charge is 2.19. The normalized spacial score (nSPS) is 10.9. The molecule has 0 aliphatic rings. The maximum atomic E-state index is 12.1. The van der Waals surface area contributed by atoms with Crippen LogP contribution in [0, 0.1) is 16.7 Å². The second kappa shape index (κ2) is 9.29. The number of amides is 1. The smallest absolute Gasteiger partial charge is 0.220 e. The predicted molar refractivity (Wildman–Crippen MR) is 103 cm³/mol. The molecule has 0 fully saturated rings. The minimum Gasteiger partial charge on any atom is -0.356 e. The van der Waals surface area contributed by atoms with Crippen molar-refractivity contribution in [2.45, 2.75) is 31.6 Å². The van der Waals surface area contributed by atoms with Crippen LogP contribution in [0.15, 0.2) is 59.5 Å². The molecular weight excluding hydrogens is 328 g/mol. The summed E-state index contributed by atoms with van der Waals surface area (Å²) in [5.74, 6) is 0.818. The molecule has 0 bridgehead atoms. The zero-order valence-corrected chi connectivity index (χ0v) is 15.6. The predicted octanol–water partition coefficient (Wildman–Crippen LogP) is 4.43. The van der Waals surface area contributed by atoms with Gasteiger partial charge in [-0.05, 0) is 41.7 Å². The van der Waals surface area contributed by atoms with E-state index < -0.39 is 0 Å². The van der Waals surface area contributed by atoms with Crippen molar-refractivity contribution in [1.82, 2.24) is 5.32 Å². The molecule has 3 nitrogen and oxygen atoms in total. The molecule has 0 aliphatic carbocycles. The number of nitrogens with one attached hydrogen (secondary N) is 1. The van der Waals surface area contributed by atoms with Crippen LogP contribution in [-0.2, 0) is 11.2 Å². The van der Waals surface area contributed by atoms with Gasteiger partial charge in [0, 0.05) is 23.6 Å². The summed E-state index contributed by atoms with van der Waals surface area (Å²) < 4.78 is 0. The Hall–Kier alpha value is -2.25. The standard InChI is InChI=1S/C21H24N2OS/c1-21(2,14-17-6-4-3-5-7-17)16-23-20(24)12-13-25-19-10-8-18(15-22)9-11-19/h3-11H,12-14,16H2,1-2H3,(H,23,24). The highest BCUT2D eigenvalue weighted by atomic mass is 32.2. The van der Waals surface area contributed by atoms with E-state index in [0.29, 0.717) is 18.5 Å². The largest absolute Gasteiger partial charge is 0.356 e. The summed E-state index contributed by atoms with van der Waals surface area (Å²) in [6, 6.07) is 19.9. The van der Waals surface area contributed by atoms with Crippen LogP contribution in [0.4, 0.5) is 0 Å². The molecule has 0 aliphatic heterocycles. The average Bonchev–Trinajstić information content (AvgIpc) is 2.61. The highest BCUT2D eigenvalue weighted by molar-refractivity contribution is 7.99. The fourth-order valence-corrected chi connectivity index (χ4v) is 3.38. The van der Waals surface area contributed by atoms with Gasteiger partial charge in [-0.2, -0.15) is 5.26 Å². The number of nitriles is 1. The molecule has 0 spiro atoms. The van der Waals surface area contributed by atoms with Crippen molar-refractivity contribution in [3.05, 3.63) is 65.7 Å². The number of rotatable bonds is 8. The molecule has 2 aromatic rings. The first-order valence-electron chi connectivity index (χ1n) is 8.42. The van der Waals surface area contributed by atoms with Crippen LogP contribution in [0.1, 0.15) is 31.4 Å². The lowest BCUT2D eigenvalue weighted by Gasteiger charge is -2.25. The van der Waals surface area contributed by atoms with Gasteiger partial charge < -0.3 is 5.32 Å². The Morgan fingerprint density at radius 1 is 1.12 bits per heavy atom. The van der Waals surface area contributed by atoms with Gasteiger partial charge in [0.15, 0.2) is 0 Å². The van der Waals surface area contributed by atoms with Crippen LogP contribution in [0.2, 0.25) is 0 Å². The number of carbonyl (C=O) groups excluding carboxylic acids is 1. The van der Waals surface area contributed by atoms with E-state index in [0.717, 1.165) is 17.1 Å². The molecule has 1 N–H and O–H groups in total. The number of carbonyl (C=O) groups is 1. The summed E-state index contributed by atoms with van der Waals surface area (Å²) >= 11 is 1.63. The zero-order chi connectivity index (χ0) is 18.1. The SMILES string of the molecule is CC(C)(CNC(=O)CCSc1ccc(C#N)cc1)Cc1ccccc1. The fourth-order valence-electron chi connectivity index (χ4n) is 2.52. The Bertz CT molecular complexity index is 718. The molecular formula is C21H24N2OS. The van der Waals surface area contributed by atoms with Gasteiger partial charge in [0.1, 0.15) is 0 Å². The van der Waals surface area contributed by atoms with Gasteiger partial charge in [0.25, 0.3) is 0 Å². The van der Waals surface area contributed by atoms with Crippen molar-refractivity contribution in [2.75, 3.05) is 12.3 Å². The van der Waals surface area contributed by atoms with E-state index in [1.807, 2.05) is 30.3 Å². The fraction of sp³-hybridized carbons (Fsp3) is 0.333. The van der Waals surface area contributed by atoms with E-state index in [1.54, 1.807) is 23.9 Å². The van der Waals surface area contributed by atoms with Crippen molar-refractivity contribution in [2.24, 2.45) is 5.41 Å². The number of benzene rings is 2. The van der Waals surface area contributed by atoms with Crippen molar-refractivity contribution in [1.29, 1.82) is 5.26 Å². The minimum atomic E-state index is 0.0251. The third kappa shape index (κ3) is 7.03. The van der Waals surface area contributed by atoms with Gasteiger partial charge in [-0.1, -0.05) is 44.2 Å². The van der Waals surface area contributed by atoms with Gasteiger partial charge in [-0.3, -0.25) is 4.79 Å². The molecule has 0 heterocycles. The second-order valence-electron chi connectivity index (χ2n) is 6.84.